The standard InChI is InChI=1S/C17H26N2O5.H3N/c1-10(2)22-11-9-18-13(15(21)24-17(6,7)8)19-12(11)14(20)23-16(3,4)5;/h9-10H,1-8H3;1H3. The predicted molar refractivity (Wildman–Crippen MR) is 93.2 cm³/mol. The summed E-state index contributed by atoms with van der Waals surface area (Å²) in [5.74, 6) is -1.47. The Bertz CT molecular complexity index is 616. The van der Waals surface area contributed by atoms with Crippen molar-refractivity contribution in [3.05, 3.63) is 17.7 Å². The zero-order chi connectivity index (χ0) is 18.7. The molecule has 1 rings (SSSR count). The molecule has 0 fully saturated rings. The van der Waals surface area contributed by atoms with Crippen molar-refractivity contribution in [3.63, 3.8) is 0 Å². The van der Waals surface area contributed by atoms with Crippen molar-refractivity contribution in [3.8, 4) is 5.75 Å². The fraction of sp³-hybridized carbons (Fsp3) is 0.647. The summed E-state index contributed by atoms with van der Waals surface area (Å²) >= 11 is 0. The second-order valence-corrected chi connectivity index (χ2v) is 7.58. The number of esters is 2. The first-order chi connectivity index (χ1) is 10.8. The molecule has 0 radical (unpaired) electrons. The molecule has 0 bridgehead atoms. The highest BCUT2D eigenvalue weighted by atomic mass is 16.6. The summed E-state index contributed by atoms with van der Waals surface area (Å²) in [5.41, 5.74) is -1.50. The maximum Gasteiger partial charge on any atom is 0.376 e. The fourth-order valence-corrected chi connectivity index (χ4v) is 1.61. The topological polar surface area (TPSA) is 123 Å². The van der Waals surface area contributed by atoms with E-state index in [4.69, 9.17) is 14.2 Å². The van der Waals surface area contributed by atoms with Gasteiger partial charge in [0.15, 0.2) is 11.4 Å². The van der Waals surface area contributed by atoms with Gasteiger partial charge in [-0.15, -0.1) is 0 Å². The van der Waals surface area contributed by atoms with E-state index in [0.717, 1.165) is 0 Å². The minimum absolute atomic E-state index is 0. The summed E-state index contributed by atoms with van der Waals surface area (Å²) in [6.07, 6.45) is 1.09. The molecule has 0 aromatic carbocycles. The van der Waals surface area contributed by atoms with Crippen molar-refractivity contribution in [2.75, 3.05) is 0 Å². The van der Waals surface area contributed by atoms with Crippen LogP contribution < -0.4 is 10.9 Å². The molecule has 8 heteroatoms. The lowest BCUT2D eigenvalue weighted by molar-refractivity contribution is 0.00492. The summed E-state index contributed by atoms with van der Waals surface area (Å²) in [7, 11) is 0. The molecule has 3 N–H and O–H groups in total. The molecule has 0 atom stereocenters. The number of nitrogens with zero attached hydrogens (tertiary/aromatic N) is 2. The molecule has 1 aromatic rings. The Morgan fingerprint density at radius 2 is 1.44 bits per heavy atom. The van der Waals surface area contributed by atoms with Gasteiger partial charge in [0, 0.05) is 0 Å². The van der Waals surface area contributed by atoms with Crippen molar-refractivity contribution in [2.45, 2.75) is 72.7 Å². The minimum Gasteiger partial charge on any atom is -0.487 e. The zero-order valence-electron chi connectivity index (χ0n) is 16.3. The van der Waals surface area contributed by atoms with E-state index in [2.05, 4.69) is 9.97 Å². The monoisotopic (exact) mass is 355 g/mol. The molecule has 25 heavy (non-hydrogen) atoms. The lowest BCUT2D eigenvalue weighted by atomic mass is 10.2. The van der Waals surface area contributed by atoms with Crippen LogP contribution in [0.3, 0.4) is 0 Å². The lowest BCUT2D eigenvalue weighted by Gasteiger charge is -2.21. The van der Waals surface area contributed by atoms with Crippen LogP contribution in [0.1, 0.15) is 76.5 Å². The molecule has 0 aliphatic heterocycles. The van der Waals surface area contributed by atoms with Crippen molar-refractivity contribution >= 4 is 11.9 Å². The summed E-state index contributed by atoms with van der Waals surface area (Å²) in [5, 5.41) is 0. The van der Waals surface area contributed by atoms with E-state index in [1.54, 1.807) is 55.4 Å². The maximum absolute atomic E-state index is 12.4. The SMILES string of the molecule is CC(C)Oc1cnc(C(=O)OC(C)(C)C)nc1C(=O)OC(C)(C)C.N. The first-order valence-corrected chi connectivity index (χ1v) is 7.79. The predicted octanol–water partition coefficient (Wildman–Crippen LogP) is 3.34. The van der Waals surface area contributed by atoms with Crippen LogP contribution >= 0.6 is 0 Å². The second kappa shape index (κ2) is 8.24. The first-order valence-electron chi connectivity index (χ1n) is 7.79. The Kier molecular flexibility index (Phi) is 7.51. The highest BCUT2D eigenvalue weighted by molar-refractivity contribution is 5.92. The third kappa shape index (κ3) is 7.93. The van der Waals surface area contributed by atoms with E-state index < -0.39 is 23.1 Å². The summed E-state index contributed by atoms with van der Waals surface area (Å²) in [4.78, 5) is 32.4. The van der Waals surface area contributed by atoms with Gasteiger partial charge in [0.05, 0.1) is 12.3 Å². The number of ether oxygens (including phenoxy) is 3. The highest BCUT2D eigenvalue weighted by Gasteiger charge is 2.27. The third-order valence-corrected chi connectivity index (χ3v) is 2.29. The fourth-order valence-electron chi connectivity index (χ4n) is 1.61. The summed E-state index contributed by atoms with van der Waals surface area (Å²) in [6, 6.07) is 0. The normalized spacial score (nSPS) is 11.6. The van der Waals surface area contributed by atoms with E-state index >= 15 is 0 Å². The molecule has 1 aromatic heterocycles. The van der Waals surface area contributed by atoms with E-state index in [-0.39, 0.29) is 29.5 Å². The molecule has 0 saturated heterocycles. The van der Waals surface area contributed by atoms with Crippen molar-refractivity contribution in [1.29, 1.82) is 0 Å². The van der Waals surface area contributed by atoms with Gasteiger partial charge in [-0.25, -0.2) is 19.6 Å². The van der Waals surface area contributed by atoms with Gasteiger partial charge in [0.1, 0.15) is 11.2 Å². The van der Waals surface area contributed by atoms with E-state index in [1.165, 1.54) is 6.20 Å². The van der Waals surface area contributed by atoms with Gasteiger partial charge >= 0.3 is 11.9 Å². The zero-order valence-corrected chi connectivity index (χ0v) is 16.3. The first kappa shape index (κ1) is 22.8. The van der Waals surface area contributed by atoms with Crippen LogP contribution in [-0.2, 0) is 9.47 Å². The largest absolute Gasteiger partial charge is 0.487 e. The molecular weight excluding hydrogens is 326 g/mol. The average molecular weight is 355 g/mol. The van der Waals surface area contributed by atoms with Crippen molar-refractivity contribution in [1.82, 2.24) is 16.1 Å². The quantitative estimate of drug-likeness (QED) is 0.816. The number of rotatable bonds is 4. The van der Waals surface area contributed by atoms with E-state index in [1.807, 2.05) is 0 Å². The highest BCUT2D eigenvalue weighted by Crippen LogP contribution is 2.21. The van der Waals surface area contributed by atoms with Crippen molar-refractivity contribution in [2.24, 2.45) is 0 Å². The molecule has 8 nitrogen and oxygen atoms in total. The number of carbonyl (C=O) groups excluding carboxylic acids is 2. The molecule has 0 aliphatic rings. The third-order valence-electron chi connectivity index (χ3n) is 2.29. The van der Waals surface area contributed by atoms with Crippen LogP contribution in [0.5, 0.6) is 5.75 Å². The molecule has 0 amide bonds. The van der Waals surface area contributed by atoms with Crippen molar-refractivity contribution < 1.29 is 23.8 Å². The lowest BCUT2D eigenvalue weighted by Crippen LogP contribution is -2.28. The van der Waals surface area contributed by atoms with Gasteiger partial charge in [-0.3, -0.25) is 0 Å². The van der Waals surface area contributed by atoms with Gasteiger partial charge in [0.25, 0.3) is 0 Å². The Morgan fingerprint density at radius 1 is 0.960 bits per heavy atom. The van der Waals surface area contributed by atoms with E-state index in [0.29, 0.717) is 0 Å². The number of aromatic nitrogens is 2. The molecule has 0 spiro atoms. The number of hydrogen-bond acceptors (Lipinski definition) is 8. The minimum atomic E-state index is -0.719. The maximum atomic E-state index is 12.4. The summed E-state index contributed by atoms with van der Waals surface area (Å²) < 4.78 is 16.1. The molecule has 142 valence electrons. The van der Waals surface area contributed by atoms with E-state index in [9.17, 15) is 9.59 Å². The molecular formula is C17H29N3O5. The van der Waals surface area contributed by atoms with Gasteiger partial charge in [-0.05, 0) is 55.4 Å². The number of carbonyl (C=O) groups is 2. The summed E-state index contributed by atoms with van der Waals surface area (Å²) in [6.45, 7) is 14.0. The Hall–Kier alpha value is -2.22. The van der Waals surface area contributed by atoms with Gasteiger partial charge in [-0.2, -0.15) is 0 Å². The van der Waals surface area contributed by atoms with Crippen LogP contribution in [0.4, 0.5) is 0 Å². The molecule has 0 saturated carbocycles. The molecule has 0 unspecified atom stereocenters. The van der Waals surface area contributed by atoms with Crippen LogP contribution in [-0.4, -0.2) is 39.2 Å². The average Bonchev–Trinajstić information content (AvgIpc) is 2.34. The Balaban J connectivity index is 0.00000576. The second-order valence-electron chi connectivity index (χ2n) is 7.58. The smallest absolute Gasteiger partial charge is 0.376 e. The van der Waals surface area contributed by atoms with Gasteiger partial charge in [-0.1, -0.05) is 0 Å². The Labute approximate surface area is 148 Å². The molecule has 1 heterocycles. The molecule has 0 aliphatic carbocycles. The van der Waals surface area contributed by atoms with Crippen LogP contribution in [0.25, 0.3) is 0 Å². The van der Waals surface area contributed by atoms with Crippen LogP contribution in [0, 0.1) is 0 Å². The van der Waals surface area contributed by atoms with Gasteiger partial charge in [0.2, 0.25) is 5.82 Å². The Morgan fingerprint density at radius 3 is 1.88 bits per heavy atom. The van der Waals surface area contributed by atoms with Crippen LogP contribution in [0.15, 0.2) is 6.20 Å². The van der Waals surface area contributed by atoms with Gasteiger partial charge < -0.3 is 20.4 Å². The number of hydrogen-bond donors (Lipinski definition) is 1. The van der Waals surface area contributed by atoms with Crippen LogP contribution in [0.2, 0.25) is 0 Å².